The Morgan fingerprint density at radius 2 is 1.65 bits per heavy atom. The van der Waals surface area contributed by atoms with Crippen molar-refractivity contribution in [2.75, 3.05) is 55.8 Å². The summed E-state index contributed by atoms with van der Waals surface area (Å²) in [6.45, 7) is 4.95. The largest absolute Gasteiger partial charge is 0.378 e. The molecule has 1 saturated heterocycles. The second kappa shape index (κ2) is 11.9. The monoisotopic (exact) mass is 575 g/mol. The second-order valence-corrected chi connectivity index (χ2v) is 10.6. The van der Waals surface area contributed by atoms with E-state index >= 15 is 0 Å². The predicted octanol–water partition coefficient (Wildman–Crippen LogP) is 4.21. The molecule has 3 N–H and O–H groups in total. The molecule has 2 amide bonds. The fraction of sp³-hybridized carbons (Fsp3) is 0.219. The number of imidazole rings is 1. The van der Waals surface area contributed by atoms with Crippen molar-refractivity contribution in [1.29, 1.82) is 0 Å². The Bertz CT molecular complexity index is 1770. The van der Waals surface area contributed by atoms with Gasteiger partial charge in [0, 0.05) is 86.4 Å². The Morgan fingerprint density at radius 1 is 0.930 bits per heavy atom. The lowest BCUT2D eigenvalue weighted by Gasteiger charge is -2.27. The molecule has 0 spiro atoms. The molecular weight excluding hydrogens is 542 g/mol. The first-order valence-electron chi connectivity index (χ1n) is 14.1. The van der Waals surface area contributed by atoms with Gasteiger partial charge in [0.2, 0.25) is 0 Å². The number of anilines is 4. The van der Waals surface area contributed by atoms with Gasteiger partial charge in [0.15, 0.2) is 17.3 Å². The van der Waals surface area contributed by atoms with Crippen molar-refractivity contribution in [3.63, 3.8) is 0 Å². The highest BCUT2D eigenvalue weighted by molar-refractivity contribution is 6.05. The first kappa shape index (κ1) is 27.9. The molecule has 0 radical (unpaired) electrons. The Labute approximate surface area is 249 Å². The fourth-order valence-corrected chi connectivity index (χ4v) is 5.03. The summed E-state index contributed by atoms with van der Waals surface area (Å²) in [6.07, 6.45) is 3.43. The summed E-state index contributed by atoms with van der Waals surface area (Å²) in [4.78, 5) is 39.0. The van der Waals surface area contributed by atoms with Crippen LogP contribution in [0.4, 0.5) is 22.9 Å². The standard InChI is InChI=1S/C32H33N9O2/c1-21-26(5-4-6-27(21)36-31(42)22-9-13-25(14-10-22)39(2)3)28-37-29(30-34-17-20-41(30)38-28)35-24-11-7-23(8-12-24)32(43)40-18-15-33-16-19-40/h4-14,17,20,33H,15-16,18-19H2,1-3H3,(H,36,42)(H,35,37,38). The van der Waals surface area contributed by atoms with Gasteiger partial charge in [0.1, 0.15) is 0 Å². The topological polar surface area (TPSA) is 120 Å². The fourth-order valence-electron chi connectivity index (χ4n) is 5.03. The third-order valence-corrected chi connectivity index (χ3v) is 7.52. The van der Waals surface area contributed by atoms with Gasteiger partial charge in [-0.1, -0.05) is 12.1 Å². The van der Waals surface area contributed by atoms with E-state index in [4.69, 9.17) is 10.1 Å². The van der Waals surface area contributed by atoms with Gasteiger partial charge in [-0.3, -0.25) is 9.59 Å². The van der Waals surface area contributed by atoms with Gasteiger partial charge >= 0.3 is 0 Å². The smallest absolute Gasteiger partial charge is 0.255 e. The average molecular weight is 576 g/mol. The van der Waals surface area contributed by atoms with Gasteiger partial charge < -0.3 is 25.8 Å². The van der Waals surface area contributed by atoms with Gasteiger partial charge in [0.25, 0.3) is 11.8 Å². The normalized spacial score (nSPS) is 13.1. The number of hydrogen-bond donors (Lipinski definition) is 3. The van der Waals surface area contributed by atoms with Crippen LogP contribution in [-0.4, -0.2) is 76.6 Å². The van der Waals surface area contributed by atoms with Crippen LogP contribution in [0.1, 0.15) is 26.3 Å². The average Bonchev–Trinajstić information content (AvgIpc) is 3.52. The van der Waals surface area contributed by atoms with Gasteiger partial charge in [-0.15, -0.1) is 5.10 Å². The lowest BCUT2D eigenvalue weighted by atomic mass is 10.1. The molecule has 1 fully saturated rings. The minimum atomic E-state index is -0.197. The molecule has 3 aromatic carbocycles. The lowest BCUT2D eigenvalue weighted by Crippen LogP contribution is -2.46. The van der Waals surface area contributed by atoms with Crippen LogP contribution in [0, 0.1) is 6.92 Å². The van der Waals surface area contributed by atoms with Crippen LogP contribution in [0.3, 0.4) is 0 Å². The molecule has 6 rings (SSSR count). The lowest BCUT2D eigenvalue weighted by molar-refractivity contribution is 0.0735. The summed E-state index contributed by atoms with van der Waals surface area (Å²) in [5.74, 6) is 0.826. The minimum absolute atomic E-state index is 0.0287. The molecule has 0 atom stereocenters. The van der Waals surface area contributed by atoms with Crippen LogP contribution in [0.2, 0.25) is 0 Å². The summed E-state index contributed by atoms with van der Waals surface area (Å²) in [6, 6.07) is 20.5. The number of nitrogens with one attached hydrogen (secondary N) is 3. The van der Waals surface area contributed by atoms with E-state index in [1.165, 1.54) is 0 Å². The van der Waals surface area contributed by atoms with Crippen LogP contribution < -0.4 is 20.9 Å². The second-order valence-electron chi connectivity index (χ2n) is 10.6. The molecule has 5 aromatic rings. The molecule has 1 aliphatic heterocycles. The van der Waals surface area contributed by atoms with Crippen molar-refractivity contribution in [1.82, 2.24) is 29.8 Å². The molecule has 0 bridgehead atoms. The van der Waals surface area contributed by atoms with Gasteiger partial charge in [-0.05, 0) is 67.1 Å². The summed E-state index contributed by atoms with van der Waals surface area (Å²) in [5, 5.41) is 14.3. The number of carbonyl (C=O) groups is 2. The molecule has 2 aromatic heterocycles. The van der Waals surface area contributed by atoms with Crippen molar-refractivity contribution in [3.8, 4) is 11.4 Å². The molecule has 43 heavy (non-hydrogen) atoms. The first-order valence-corrected chi connectivity index (χ1v) is 14.1. The molecule has 3 heterocycles. The van der Waals surface area contributed by atoms with E-state index in [-0.39, 0.29) is 11.8 Å². The zero-order valence-corrected chi connectivity index (χ0v) is 24.3. The van der Waals surface area contributed by atoms with E-state index in [2.05, 4.69) is 20.9 Å². The van der Waals surface area contributed by atoms with E-state index in [1.54, 1.807) is 16.9 Å². The third-order valence-electron chi connectivity index (χ3n) is 7.52. The molecule has 0 saturated carbocycles. The SMILES string of the molecule is Cc1c(NC(=O)c2ccc(N(C)C)cc2)cccc1-c1nc(Nc2ccc(C(=O)N3CCNCC3)cc2)c2nccn2n1. The number of rotatable bonds is 7. The van der Waals surface area contributed by atoms with Crippen LogP contribution in [0.25, 0.3) is 17.0 Å². The van der Waals surface area contributed by atoms with Crippen molar-refractivity contribution in [3.05, 3.63) is 95.8 Å². The van der Waals surface area contributed by atoms with Crippen LogP contribution >= 0.6 is 0 Å². The highest BCUT2D eigenvalue weighted by atomic mass is 16.2. The Hall–Kier alpha value is -5.29. The summed E-state index contributed by atoms with van der Waals surface area (Å²) >= 11 is 0. The van der Waals surface area contributed by atoms with Crippen LogP contribution in [0.5, 0.6) is 0 Å². The quantitative estimate of drug-likeness (QED) is 0.264. The van der Waals surface area contributed by atoms with Gasteiger partial charge in [-0.2, -0.15) is 0 Å². The van der Waals surface area contributed by atoms with E-state index in [1.807, 2.05) is 97.5 Å². The number of piperazine rings is 1. The van der Waals surface area contributed by atoms with Crippen molar-refractivity contribution < 1.29 is 9.59 Å². The molecule has 218 valence electrons. The third kappa shape index (κ3) is 5.88. The van der Waals surface area contributed by atoms with Crippen LogP contribution in [-0.2, 0) is 0 Å². The highest BCUT2D eigenvalue weighted by Gasteiger charge is 2.19. The van der Waals surface area contributed by atoms with Crippen LogP contribution in [0.15, 0.2) is 79.1 Å². The van der Waals surface area contributed by atoms with E-state index < -0.39 is 0 Å². The maximum atomic E-state index is 13.0. The van der Waals surface area contributed by atoms with Crippen molar-refractivity contribution in [2.24, 2.45) is 0 Å². The number of benzene rings is 3. The van der Waals surface area contributed by atoms with E-state index in [9.17, 15) is 9.59 Å². The summed E-state index contributed by atoms with van der Waals surface area (Å²) in [5.41, 5.74) is 5.85. The highest BCUT2D eigenvalue weighted by Crippen LogP contribution is 2.29. The molecule has 11 nitrogen and oxygen atoms in total. The molecule has 1 aliphatic rings. The van der Waals surface area contributed by atoms with Gasteiger partial charge in [0.05, 0.1) is 0 Å². The Balaban J connectivity index is 1.25. The number of carbonyl (C=O) groups excluding carboxylic acids is 2. The maximum Gasteiger partial charge on any atom is 0.255 e. The van der Waals surface area contributed by atoms with Gasteiger partial charge in [-0.25, -0.2) is 14.5 Å². The molecule has 0 unspecified atom stereocenters. The minimum Gasteiger partial charge on any atom is -0.378 e. The maximum absolute atomic E-state index is 13.0. The molecule has 0 aliphatic carbocycles. The first-order chi connectivity index (χ1) is 20.9. The number of aromatic nitrogens is 4. The zero-order chi connectivity index (χ0) is 29.9. The number of nitrogens with zero attached hydrogens (tertiary/aromatic N) is 6. The Morgan fingerprint density at radius 3 is 2.37 bits per heavy atom. The van der Waals surface area contributed by atoms with Crippen molar-refractivity contribution in [2.45, 2.75) is 6.92 Å². The summed E-state index contributed by atoms with van der Waals surface area (Å²) in [7, 11) is 3.92. The molecule has 11 heteroatoms. The van der Waals surface area contributed by atoms with Crippen molar-refractivity contribution >= 4 is 40.3 Å². The number of fused-ring (bicyclic) bond motifs is 1. The number of amides is 2. The zero-order valence-electron chi connectivity index (χ0n) is 24.3. The summed E-state index contributed by atoms with van der Waals surface area (Å²) < 4.78 is 1.67. The predicted molar refractivity (Wildman–Crippen MR) is 168 cm³/mol. The number of hydrogen-bond acceptors (Lipinski definition) is 8. The Kier molecular flexibility index (Phi) is 7.71. The molecular formula is C32H33N9O2. The van der Waals surface area contributed by atoms with E-state index in [0.29, 0.717) is 47.2 Å². The van der Waals surface area contributed by atoms with E-state index in [0.717, 1.165) is 35.6 Å².